The van der Waals surface area contributed by atoms with Crippen LogP contribution in [-0.2, 0) is 13.1 Å². The van der Waals surface area contributed by atoms with Crippen LogP contribution in [0, 0.1) is 0 Å². The highest BCUT2D eigenvalue weighted by Gasteiger charge is 2.31. The minimum absolute atomic E-state index is 0.125. The van der Waals surface area contributed by atoms with Gasteiger partial charge < -0.3 is 19.5 Å². The number of fused-ring (bicyclic) bond motifs is 1. The average molecular weight is 480 g/mol. The predicted octanol–water partition coefficient (Wildman–Crippen LogP) is 3.36. The van der Waals surface area contributed by atoms with E-state index in [1.165, 1.54) is 11.6 Å². The molecule has 31 heavy (non-hydrogen) atoms. The number of benzene rings is 3. The Morgan fingerprint density at radius 3 is 2.61 bits per heavy atom. The third kappa shape index (κ3) is 4.50. The molecule has 0 aliphatic carbocycles. The minimum Gasteiger partial charge on any atom is -0.872 e. The van der Waals surface area contributed by atoms with Gasteiger partial charge in [0.25, 0.3) is 0 Å². The van der Waals surface area contributed by atoms with E-state index in [0.29, 0.717) is 34.7 Å². The van der Waals surface area contributed by atoms with E-state index in [0.717, 1.165) is 15.9 Å². The maximum Gasteiger partial charge on any atom is 0.231 e. The lowest BCUT2D eigenvalue weighted by molar-refractivity contribution is -0.907. The number of carbonyl (C=O) groups excluding carboxylic acids is 1. The van der Waals surface area contributed by atoms with Crippen molar-refractivity contribution in [3.8, 4) is 17.2 Å². The Morgan fingerprint density at radius 1 is 1.10 bits per heavy atom. The van der Waals surface area contributed by atoms with Gasteiger partial charge in [0.2, 0.25) is 5.78 Å². The van der Waals surface area contributed by atoms with E-state index in [1.807, 2.05) is 43.4 Å². The zero-order chi connectivity index (χ0) is 22.0. The van der Waals surface area contributed by atoms with Crippen molar-refractivity contribution in [1.29, 1.82) is 0 Å². The topological polar surface area (TPSA) is 63.0 Å². The molecule has 0 amide bonds. The Kier molecular flexibility index (Phi) is 6.11. The monoisotopic (exact) mass is 479 g/mol. The smallest absolute Gasteiger partial charge is 0.231 e. The molecule has 5 nitrogen and oxygen atoms in total. The molecule has 158 valence electrons. The lowest BCUT2D eigenvalue weighted by Gasteiger charge is -2.20. The van der Waals surface area contributed by atoms with Crippen molar-refractivity contribution >= 4 is 27.8 Å². The zero-order valence-corrected chi connectivity index (χ0v) is 18.9. The van der Waals surface area contributed by atoms with Crippen LogP contribution >= 0.6 is 15.9 Å². The summed E-state index contributed by atoms with van der Waals surface area (Å²) in [7, 11) is 3.59. The summed E-state index contributed by atoms with van der Waals surface area (Å²) in [5, 5.41) is 12.6. The Morgan fingerprint density at radius 2 is 1.87 bits per heavy atom. The van der Waals surface area contributed by atoms with Crippen molar-refractivity contribution in [2.24, 2.45) is 0 Å². The molecule has 4 rings (SSSR count). The van der Waals surface area contributed by atoms with E-state index in [4.69, 9.17) is 9.47 Å². The highest BCUT2D eigenvalue weighted by Crippen LogP contribution is 2.39. The van der Waals surface area contributed by atoms with Gasteiger partial charge in [0.05, 0.1) is 19.7 Å². The van der Waals surface area contributed by atoms with Crippen LogP contribution in [0.25, 0.3) is 6.08 Å². The number of hydrogen-bond donors (Lipinski definition) is 1. The molecule has 1 unspecified atom stereocenters. The van der Waals surface area contributed by atoms with Crippen molar-refractivity contribution in [3.63, 3.8) is 0 Å². The molecule has 1 aliphatic rings. The molecule has 0 saturated heterocycles. The zero-order valence-electron chi connectivity index (χ0n) is 17.3. The lowest BCUT2D eigenvalue weighted by Crippen LogP contribution is -3.06. The quantitative estimate of drug-likeness (QED) is 0.550. The molecular formula is C25H22BrNO4. The number of carbonyl (C=O) groups is 1. The van der Waals surface area contributed by atoms with Gasteiger partial charge in [-0.05, 0) is 30.3 Å². The van der Waals surface area contributed by atoms with Gasteiger partial charge in [0.1, 0.15) is 24.6 Å². The molecule has 3 aromatic carbocycles. The molecule has 0 radical (unpaired) electrons. The standard InChI is InChI=1S/C25H22BrNO4/c1-27(14-16-6-4-3-5-7-16)15-20-21(28)10-9-19-24(29)23(31-25(19)20)13-17-12-18(26)8-11-22(17)30-2/h3-13,28H,14-15H2,1-2H3/b23-13-. The van der Waals surface area contributed by atoms with Crippen LogP contribution in [0.15, 0.2) is 70.9 Å². The molecular weight excluding hydrogens is 458 g/mol. The molecule has 0 saturated carbocycles. The number of allylic oxidation sites excluding steroid dienone is 1. The second-order valence-corrected chi connectivity index (χ2v) is 8.46. The van der Waals surface area contributed by atoms with E-state index in [1.54, 1.807) is 19.3 Å². The average Bonchev–Trinajstić information content (AvgIpc) is 3.07. The largest absolute Gasteiger partial charge is 0.872 e. The molecule has 6 heteroatoms. The fourth-order valence-corrected chi connectivity index (χ4v) is 4.10. The van der Waals surface area contributed by atoms with Gasteiger partial charge in [0, 0.05) is 21.2 Å². The normalized spacial score (nSPS) is 14.9. The van der Waals surface area contributed by atoms with Gasteiger partial charge in [-0.25, -0.2) is 0 Å². The third-order valence-electron chi connectivity index (χ3n) is 5.20. The number of ether oxygens (including phenoxy) is 2. The van der Waals surface area contributed by atoms with Crippen LogP contribution in [0.4, 0.5) is 0 Å². The fraction of sp³-hybridized carbons (Fsp3) is 0.160. The summed E-state index contributed by atoms with van der Waals surface area (Å²) in [6.07, 6.45) is 1.65. The molecule has 1 heterocycles. The Bertz CT molecular complexity index is 1160. The van der Waals surface area contributed by atoms with Gasteiger partial charge in [-0.2, -0.15) is 0 Å². The maximum atomic E-state index is 13.0. The van der Waals surface area contributed by atoms with Crippen LogP contribution in [0.3, 0.4) is 0 Å². The van der Waals surface area contributed by atoms with Crippen molar-refractivity contribution in [1.82, 2.24) is 0 Å². The van der Waals surface area contributed by atoms with Crippen molar-refractivity contribution in [2.45, 2.75) is 13.1 Å². The van der Waals surface area contributed by atoms with Gasteiger partial charge in [-0.3, -0.25) is 4.79 Å². The summed E-state index contributed by atoms with van der Waals surface area (Å²) in [5.74, 6) is 0.808. The van der Waals surface area contributed by atoms with Gasteiger partial charge in [-0.15, -0.1) is 0 Å². The minimum atomic E-state index is -0.237. The molecule has 0 fully saturated rings. The first-order valence-corrected chi connectivity index (χ1v) is 10.7. The molecule has 0 spiro atoms. The summed E-state index contributed by atoms with van der Waals surface area (Å²) < 4.78 is 12.2. The van der Waals surface area contributed by atoms with Crippen molar-refractivity contribution in [2.75, 3.05) is 14.2 Å². The number of halogens is 1. The number of rotatable bonds is 6. The number of ketones is 1. The first kappa shape index (κ1) is 21.2. The summed E-state index contributed by atoms with van der Waals surface area (Å²) in [4.78, 5) is 14.1. The lowest BCUT2D eigenvalue weighted by atomic mass is 10.0. The Hall–Kier alpha value is -3.09. The second kappa shape index (κ2) is 8.96. The molecule has 0 bridgehead atoms. The van der Waals surface area contributed by atoms with Crippen LogP contribution < -0.4 is 19.5 Å². The molecule has 0 aromatic heterocycles. The van der Waals surface area contributed by atoms with E-state index in [9.17, 15) is 9.90 Å². The van der Waals surface area contributed by atoms with Crippen LogP contribution in [0.2, 0.25) is 0 Å². The second-order valence-electron chi connectivity index (χ2n) is 7.54. The third-order valence-corrected chi connectivity index (χ3v) is 5.70. The molecule has 1 aliphatic heterocycles. The highest BCUT2D eigenvalue weighted by atomic mass is 79.9. The molecule has 1 N–H and O–H groups in total. The van der Waals surface area contributed by atoms with Crippen molar-refractivity contribution in [3.05, 3.63) is 93.1 Å². The summed E-state index contributed by atoms with van der Waals surface area (Å²) in [6.45, 7) is 1.22. The number of quaternary nitrogens is 1. The number of Topliss-reactive ketones (excluding diaryl/α,β-unsaturated/α-hetero) is 1. The van der Waals surface area contributed by atoms with E-state index in [-0.39, 0.29) is 17.3 Å². The van der Waals surface area contributed by atoms with E-state index in [2.05, 4.69) is 28.1 Å². The van der Waals surface area contributed by atoms with E-state index >= 15 is 0 Å². The first-order chi connectivity index (χ1) is 15.0. The Labute approximate surface area is 189 Å². The number of nitrogens with one attached hydrogen (secondary N) is 1. The van der Waals surface area contributed by atoms with Crippen molar-refractivity contribution < 1.29 is 24.3 Å². The van der Waals surface area contributed by atoms with Crippen LogP contribution in [0.1, 0.15) is 27.0 Å². The van der Waals surface area contributed by atoms with Crippen LogP contribution in [-0.4, -0.2) is 19.9 Å². The van der Waals surface area contributed by atoms with Gasteiger partial charge >= 0.3 is 0 Å². The fourth-order valence-electron chi connectivity index (χ4n) is 3.72. The number of hydrogen-bond acceptors (Lipinski definition) is 4. The summed E-state index contributed by atoms with van der Waals surface area (Å²) in [6, 6.07) is 18.6. The highest BCUT2D eigenvalue weighted by molar-refractivity contribution is 9.10. The molecule has 1 atom stereocenters. The van der Waals surface area contributed by atoms with Gasteiger partial charge in [0.15, 0.2) is 5.76 Å². The SMILES string of the molecule is COc1ccc(Br)cc1/C=C1\Oc2c(ccc([O-])c2C[NH+](C)Cc2ccccc2)C1=O. The van der Waals surface area contributed by atoms with E-state index < -0.39 is 0 Å². The first-order valence-electron chi connectivity index (χ1n) is 9.92. The van der Waals surface area contributed by atoms with Gasteiger partial charge in [-0.1, -0.05) is 58.1 Å². The predicted molar refractivity (Wildman–Crippen MR) is 120 cm³/mol. The Balaban J connectivity index is 1.63. The summed E-state index contributed by atoms with van der Waals surface area (Å²) in [5.41, 5.74) is 2.83. The molecule has 3 aromatic rings. The summed E-state index contributed by atoms with van der Waals surface area (Å²) >= 11 is 3.44. The van der Waals surface area contributed by atoms with Crippen LogP contribution in [0.5, 0.6) is 17.2 Å². The maximum absolute atomic E-state index is 13.0. The number of methoxy groups -OCH3 is 1.